The lowest BCUT2D eigenvalue weighted by molar-refractivity contribution is -0.130. The van der Waals surface area contributed by atoms with E-state index in [1.54, 1.807) is 0 Å². The van der Waals surface area contributed by atoms with E-state index in [1.807, 2.05) is 17.2 Å². The predicted molar refractivity (Wildman–Crippen MR) is 101 cm³/mol. The third-order valence-electron chi connectivity index (χ3n) is 5.14. The summed E-state index contributed by atoms with van der Waals surface area (Å²) in [7, 11) is 0. The topological polar surface area (TPSA) is 38.1 Å². The van der Waals surface area contributed by atoms with Crippen LogP contribution in [0.5, 0.6) is 0 Å². The van der Waals surface area contributed by atoms with Gasteiger partial charge in [-0.05, 0) is 38.2 Å². The van der Waals surface area contributed by atoms with Crippen LogP contribution in [0.3, 0.4) is 0 Å². The molecule has 0 aliphatic carbocycles. The minimum Gasteiger partial charge on any atom is -0.342 e. The molecule has 1 atom stereocenters. The van der Waals surface area contributed by atoms with Gasteiger partial charge < -0.3 is 9.47 Å². The van der Waals surface area contributed by atoms with Crippen LogP contribution in [0, 0.1) is 6.92 Å². The molecule has 3 rings (SSSR count). The second-order valence-corrected chi connectivity index (χ2v) is 7.07. The first kappa shape index (κ1) is 17.7. The van der Waals surface area contributed by atoms with Crippen LogP contribution in [0.4, 0.5) is 0 Å². The largest absolute Gasteiger partial charge is 0.342 e. The molecular formula is C21H29N3O. The summed E-state index contributed by atoms with van der Waals surface area (Å²) in [5.74, 6) is 1.85. The van der Waals surface area contributed by atoms with Crippen LogP contribution in [0.15, 0.2) is 36.5 Å². The maximum atomic E-state index is 12.5. The second kappa shape index (κ2) is 8.32. The zero-order chi connectivity index (χ0) is 17.6. The molecule has 134 valence electrons. The fourth-order valence-corrected chi connectivity index (χ4v) is 3.76. The Bertz CT molecular complexity index is 692. The highest BCUT2D eigenvalue weighted by molar-refractivity contribution is 5.76. The molecule has 1 aromatic carbocycles. The standard InChI is InChI=1S/C21H29N3O/c1-3-13-24-17(2)15-22-21(24)19-12-14-23(16-19)20(25)11-7-10-18-8-5-4-6-9-18/h4-6,8-9,15,19H,3,7,10-14,16H2,1-2H3. The zero-order valence-corrected chi connectivity index (χ0v) is 15.4. The van der Waals surface area contributed by atoms with Gasteiger partial charge in [-0.2, -0.15) is 0 Å². The maximum absolute atomic E-state index is 12.5. The number of carbonyl (C=O) groups excluding carboxylic acids is 1. The van der Waals surface area contributed by atoms with Crippen LogP contribution in [-0.4, -0.2) is 33.4 Å². The molecule has 1 aliphatic rings. The maximum Gasteiger partial charge on any atom is 0.222 e. The molecule has 1 aromatic heterocycles. The van der Waals surface area contributed by atoms with Crippen molar-refractivity contribution in [2.45, 2.75) is 58.4 Å². The Balaban J connectivity index is 1.51. The summed E-state index contributed by atoms with van der Waals surface area (Å²) in [5.41, 5.74) is 2.54. The van der Waals surface area contributed by atoms with Gasteiger partial charge in [0, 0.05) is 43.9 Å². The van der Waals surface area contributed by atoms with E-state index in [0.717, 1.165) is 45.3 Å². The quantitative estimate of drug-likeness (QED) is 0.766. The number of hydrogen-bond donors (Lipinski definition) is 0. The number of imidazole rings is 1. The third kappa shape index (κ3) is 4.30. The summed E-state index contributed by atoms with van der Waals surface area (Å²) >= 11 is 0. The van der Waals surface area contributed by atoms with Crippen molar-refractivity contribution < 1.29 is 4.79 Å². The van der Waals surface area contributed by atoms with Gasteiger partial charge >= 0.3 is 0 Å². The van der Waals surface area contributed by atoms with Crippen LogP contribution in [0.25, 0.3) is 0 Å². The molecule has 1 saturated heterocycles. The van der Waals surface area contributed by atoms with Crippen LogP contribution < -0.4 is 0 Å². The molecule has 0 spiro atoms. The monoisotopic (exact) mass is 339 g/mol. The lowest BCUT2D eigenvalue weighted by Gasteiger charge is -2.17. The Hall–Kier alpha value is -2.10. The Morgan fingerprint density at radius 1 is 1.28 bits per heavy atom. The summed E-state index contributed by atoms with van der Waals surface area (Å²) in [4.78, 5) is 19.2. The third-order valence-corrected chi connectivity index (χ3v) is 5.14. The molecule has 4 heteroatoms. The number of aromatic nitrogens is 2. The normalized spacial score (nSPS) is 17.2. The van der Waals surface area contributed by atoms with Gasteiger partial charge in [0.05, 0.1) is 0 Å². The second-order valence-electron chi connectivity index (χ2n) is 7.07. The van der Waals surface area contributed by atoms with Crippen molar-refractivity contribution in [3.63, 3.8) is 0 Å². The van der Waals surface area contributed by atoms with Gasteiger partial charge in [0.25, 0.3) is 0 Å². The molecule has 1 amide bonds. The number of carbonyl (C=O) groups is 1. The van der Waals surface area contributed by atoms with Gasteiger partial charge in [0.2, 0.25) is 5.91 Å². The highest BCUT2D eigenvalue weighted by Gasteiger charge is 2.30. The highest BCUT2D eigenvalue weighted by Crippen LogP contribution is 2.28. The summed E-state index contributed by atoms with van der Waals surface area (Å²) in [6.45, 7) is 7.02. The van der Waals surface area contributed by atoms with Crippen molar-refractivity contribution in [2.24, 2.45) is 0 Å². The first-order chi connectivity index (χ1) is 12.2. The molecule has 1 unspecified atom stereocenters. The lowest BCUT2D eigenvalue weighted by atomic mass is 10.1. The molecule has 0 N–H and O–H groups in total. The van der Waals surface area contributed by atoms with Gasteiger partial charge in [-0.3, -0.25) is 4.79 Å². The average molecular weight is 339 g/mol. The highest BCUT2D eigenvalue weighted by atomic mass is 16.2. The van der Waals surface area contributed by atoms with Gasteiger partial charge in [-0.15, -0.1) is 0 Å². The van der Waals surface area contributed by atoms with Crippen molar-refractivity contribution in [2.75, 3.05) is 13.1 Å². The number of rotatable bonds is 7. The summed E-state index contributed by atoms with van der Waals surface area (Å²) in [6.07, 6.45) is 6.65. The fraction of sp³-hybridized carbons (Fsp3) is 0.524. The molecule has 0 bridgehead atoms. The fourth-order valence-electron chi connectivity index (χ4n) is 3.76. The van der Waals surface area contributed by atoms with Gasteiger partial charge in [0.1, 0.15) is 5.82 Å². The number of benzene rings is 1. The summed E-state index contributed by atoms with van der Waals surface area (Å²) < 4.78 is 2.33. The van der Waals surface area contributed by atoms with E-state index in [1.165, 1.54) is 17.1 Å². The van der Waals surface area contributed by atoms with Crippen LogP contribution in [0.1, 0.15) is 55.6 Å². The minimum absolute atomic E-state index is 0.295. The number of aryl methyl sites for hydroxylation is 2. The lowest BCUT2D eigenvalue weighted by Crippen LogP contribution is -2.28. The van der Waals surface area contributed by atoms with Crippen LogP contribution in [0.2, 0.25) is 0 Å². The van der Waals surface area contributed by atoms with E-state index in [4.69, 9.17) is 0 Å². The molecule has 2 heterocycles. The first-order valence-corrected chi connectivity index (χ1v) is 9.52. The number of hydrogen-bond acceptors (Lipinski definition) is 2. The van der Waals surface area contributed by atoms with Gasteiger partial charge in [0.15, 0.2) is 0 Å². The summed E-state index contributed by atoms with van der Waals surface area (Å²) in [5, 5.41) is 0. The number of nitrogens with zero attached hydrogens (tertiary/aromatic N) is 3. The van der Waals surface area contributed by atoms with E-state index in [-0.39, 0.29) is 0 Å². The van der Waals surface area contributed by atoms with E-state index < -0.39 is 0 Å². The van der Waals surface area contributed by atoms with E-state index in [9.17, 15) is 4.79 Å². The molecule has 1 fully saturated rings. The Labute approximate surface area is 150 Å². The van der Waals surface area contributed by atoms with Gasteiger partial charge in [-0.25, -0.2) is 4.98 Å². The van der Waals surface area contributed by atoms with Crippen molar-refractivity contribution in [1.82, 2.24) is 14.5 Å². The smallest absolute Gasteiger partial charge is 0.222 e. The van der Waals surface area contributed by atoms with E-state index in [0.29, 0.717) is 18.2 Å². The first-order valence-electron chi connectivity index (χ1n) is 9.52. The molecule has 25 heavy (non-hydrogen) atoms. The Morgan fingerprint density at radius 3 is 2.84 bits per heavy atom. The average Bonchev–Trinajstić information content (AvgIpc) is 3.24. The Morgan fingerprint density at radius 2 is 2.08 bits per heavy atom. The van der Waals surface area contributed by atoms with Crippen molar-refractivity contribution >= 4 is 5.91 Å². The number of amides is 1. The Kier molecular flexibility index (Phi) is 5.90. The molecule has 4 nitrogen and oxygen atoms in total. The zero-order valence-electron chi connectivity index (χ0n) is 15.4. The van der Waals surface area contributed by atoms with Crippen molar-refractivity contribution in [3.8, 4) is 0 Å². The van der Waals surface area contributed by atoms with Crippen LogP contribution >= 0.6 is 0 Å². The van der Waals surface area contributed by atoms with E-state index >= 15 is 0 Å². The van der Waals surface area contributed by atoms with Crippen molar-refractivity contribution in [3.05, 3.63) is 53.6 Å². The molecular weight excluding hydrogens is 310 g/mol. The SMILES string of the molecule is CCCn1c(C)cnc1C1CCN(C(=O)CCCc2ccccc2)C1. The predicted octanol–water partition coefficient (Wildman–Crippen LogP) is 3.94. The van der Waals surface area contributed by atoms with E-state index in [2.05, 4.69) is 47.7 Å². The van der Waals surface area contributed by atoms with Crippen molar-refractivity contribution in [1.29, 1.82) is 0 Å². The molecule has 0 radical (unpaired) electrons. The molecule has 2 aromatic rings. The number of likely N-dealkylation sites (tertiary alicyclic amines) is 1. The van der Waals surface area contributed by atoms with Crippen LogP contribution in [-0.2, 0) is 17.8 Å². The molecule has 0 saturated carbocycles. The van der Waals surface area contributed by atoms with Gasteiger partial charge in [-0.1, -0.05) is 37.3 Å². The summed E-state index contributed by atoms with van der Waals surface area (Å²) in [6, 6.07) is 10.4. The molecule has 1 aliphatic heterocycles. The minimum atomic E-state index is 0.295.